The molecular formula is C36H62N6. The molecule has 0 unspecified atom stereocenters. The Kier molecular flexibility index (Phi) is 38.3. The molecule has 236 valence electrons. The van der Waals surface area contributed by atoms with E-state index in [1.54, 1.807) is 13.8 Å². The normalized spacial score (nSPS) is 9.52. The molecule has 0 aromatic heterocycles. The van der Waals surface area contributed by atoms with Crippen molar-refractivity contribution in [2.45, 2.75) is 104 Å². The van der Waals surface area contributed by atoms with E-state index in [0.717, 1.165) is 78.0 Å². The van der Waals surface area contributed by atoms with Crippen LogP contribution in [-0.4, -0.2) is 75.2 Å². The van der Waals surface area contributed by atoms with Crippen molar-refractivity contribution in [1.82, 2.24) is 9.80 Å². The van der Waals surface area contributed by atoms with Crippen molar-refractivity contribution in [2.24, 2.45) is 22.9 Å². The molecule has 6 heteroatoms. The summed E-state index contributed by atoms with van der Waals surface area (Å²) in [5, 5.41) is 0. The molecule has 0 atom stereocenters. The van der Waals surface area contributed by atoms with Crippen LogP contribution in [0.2, 0.25) is 0 Å². The van der Waals surface area contributed by atoms with Gasteiger partial charge >= 0.3 is 0 Å². The molecule has 0 aromatic rings. The summed E-state index contributed by atoms with van der Waals surface area (Å²) in [5.74, 6) is 25.6. The van der Waals surface area contributed by atoms with Crippen molar-refractivity contribution < 1.29 is 0 Å². The lowest BCUT2D eigenvalue weighted by Crippen LogP contribution is -2.29. The van der Waals surface area contributed by atoms with Crippen LogP contribution in [0.15, 0.2) is 0 Å². The van der Waals surface area contributed by atoms with Crippen molar-refractivity contribution in [3.05, 3.63) is 0 Å². The number of hydrogen-bond acceptors (Lipinski definition) is 6. The summed E-state index contributed by atoms with van der Waals surface area (Å²) in [6, 6.07) is 0. The van der Waals surface area contributed by atoms with Gasteiger partial charge in [0.1, 0.15) is 0 Å². The summed E-state index contributed by atoms with van der Waals surface area (Å²) in [7, 11) is 0. The van der Waals surface area contributed by atoms with Crippen LogP contribution in [0.1, 0.15) is 104 Å². The molecule has 0 rings (SSSR count). The highest BCUT2D eigenvalue weighted by atomic mass is 15.1. The van der Waals surface area contributed by atoms with Crippen LogP contribution in [0, 0.1) is 59.2 Å². The van der Waals surface area contributed by atoms with Crippen LogP contribution in [0.3, 0.4) is 0 Å². The quantitative estimate of drug-likeness (QED) is 0.0965. The van der Waals surface area contributed by atoms with E-state index in [-0.39, 0.29) is 0 Å². The van der Waals surface area contributed by atoms with E-state index in [0.29, 0.717) is 0 Å². The average Bonchev–Trinajstić information content (AvgIpc) is 3.01. The summed E-state index contributed by atoms with van der Waals surface area (Å²) < 4.78 is 0. The minimum atomic E-state index is 0.792. The molecule has 0 heterocycles. The molecule has 0 saturated carbocycles. The largest absolute Gasteiger partial charge is 0.330 e. The predicted octanol–water partition coefficient (Wildman–Crippen LogP) is 3.93. The van der Waals surface area contributed by atoms with E-state index in [1.165, 1.54) is 77.3 Å². The predicted molar refractivity (Wildman–Crippen MR) is 184 cm³/mol. The second-order valence-corrected chi connectivity index (χ2v) is 10.3. The Morgan fingerprint density at radius 1 is 0.310 bits per heavy atom. The number of nitrogens with zero attached hydrogens (tertiary/aromatic N) is 2. The smallest absolute Gasteiger partial charge is 0.000000533 e. The van der Waals surface area contributed by atoms with Gasteiger partial charge in [0.25, 0.3) is 0 Å². The second-order valence-electron chi connectivity index (χ2n) is 10.3. The van der Waals surface area contributed by atoms with E-state index < -0.39 is 0 Å². The zero-order valence-corrected chi connectivity index (χ0v) is 27.2. The van der Waals surface area contributed by atoms with Crippen LogP contribution in [0.4, 0.5) is 0 Å². The van der Waals surface area contributed by atoms with E-state index in [1.807, 2.05) is 0 Å². The molecule has 0 aliphatic heterocycles. The standard InChI is InChI=1S/C24H56N6.C12H6/c25-15-11-21-29(22-12-16-26)19-9-7-5-3-1-2-4-6-8-10-20-30(23-13-17-27)24-14-18-28;1-3-5-7-9-11-12-10-8-6-4-2/h1-28H2;1-2H3. The fraction of sp³-hybridized carbons (Fsp3) is 0.722. The lowest BCUT2D eigenvalue weighted by atomic mass is 10.1. The highest BCUT2D eigenvalue weighted by Gasteiger charge is 2.04. The molecule has 42 heavy (non-hydrogen) atoms. The summed E-state index contributed by atoms with van der Waals surface area (Å²) in [5.41, 5.74) is 22.6. The van der Waals surface area contributed by atoms with Gasteiger partial charge in [-0.25, -0.2) is 0 Å². The van der Waals surface area contributed by atoms with Crippen molar-refractivity contribution in [2.75, 3.05) is 65.4 Å². The Labute approximate surface area is 260 Å². The Balaban J connectivity index is 0. The first-order valence-corrected chi connectivity index (χ1v) is 16.3. The van der Waals surface area contributed by atoms with Crippen LogP contribution >= 0.6 is 0 Å². The number of unbranched alkanes of at least 4 members (excludes halogenated alkanes) is 9. The summed E-state index contributed by atoms with van der Waals surface area (Å²) in [6.07, 6.45) is 18.2. The molecule has 0 aliphatic rings. The van der Waals surface area contributed by atoms with Gasteiger partial charge in [-0.2, -0.15) is 0 Å². The van der Waals surface area contributed by atoms with Gasteiger partial charge in [0.05, 0.1) is 0 Å². The summed E-state index contributed by atoms with van der Waals surface area (Å²) >= 11 is 0. The summed E-state index contributed by atoms with van der Waals surface area (Å²) in [4.78, 5) is 5.10. The fourth-order valence-corrected chi connectivity index (χ4v) is 4.33. The summed E-state index contributed by atoms with van der Waals surface area (Å²) in [6.45, 7) is 13.6. The van der Waals surface area contributed by atoms with Gasteiger partial charge in [-0.1, -0.05) is 63.2 Å². The number of rotatable bonds is 25. The first-order valence-electron chi connectivity index (χ1n) is 16.3. The van der Waals surface area contributed by atoms with Gasteiger partial charge in [-0.15, -0.1) is 0 Å². The highest BCUT2D eigenvalue weighted by Crippen LogP contribution is 2.11. The number of nitrogens with two attached hydrogens (primary N) is 4. The molecule has 0 aliphatic carbocycles. The van der Waals surface area contributed by atoms with Crippen molar-refractivity contribution in [3.8, 4) is 59.2 Å². The molecule has 0 fully saturated rings. The zero-order chi connectivity index (χ0) is 31.2. The van der Waals surface area contributed by atoms with E-state index in [2.05, 4.69) is 69.0 Å². The van der Waals surface area contributed by atoms with Crippen molar-refractivity contribution in [1.29, 1.82) is 0 Å². The van der Waals surface area contributed by atoms with Gasteiger partial charge in [-0.05, 0) is 165 Å². The maximum atomic E-state index is 5.65. The minimum absolute atomic E-state index is 0.792. The SMILES string of the molecule is CC#CC#CC#CC#CC#CC.NCCCN(CCCN)CCCCCCCCCCCCN(CCCN)CCCN. The third-order valence-corrected chi connectivity index (χ3v) is 6.60. The third kappa shape index (κ3) is 35.6. The van der Waals surface area contributed by atoms with Crippen LogP contribution in [-0.2, 0) is 0 Å². The first-order chi connectivity index (χ1) is 20.7. The molecular weight excluding hydrogens is 516 g/mol. The minimum Gasteiger partial charge on any atom is -0.330 e. The van der Waals surface area contributed by atoms with Gasteiger partial charge in [0.15, 0.2) is 0 Å². The Bertz CT molecular complexity index is 800. The highest BCUT2D eigenvalue weighted by molar-refractivity contribution is 5.42. The van der Waals surface area contributed by atoms with Crippen LogP contribution in [0.5, 0.6) is 0 Å². The average molecular weight is 579 g/mol. The molecule has 0 spiro atoms. The van der Waals surface area contributed by atoms with Crippen molar-refractivity contribution in [3.63, 3.8) is 0 Å². The molecule has 0 amide bonds. The van der Waals surface area contributed by atoms with Crippen LogP contribution < -0.4 is 22.9 Å². The van der Waals surface area contributed by atoms with E-state index >= 15 is 0 Å². The lowest BCUT2D eigenvalue weighted by molar-refractivity contribution is 0.262. The zero-order valence-electron chi connectivity index (χ0n) is 27.2. The molecule has 0 radical (unpaired) electrons. The molecule has 6 nitrogen and oxygen atoms in total. The Hall–Kier alpha value is -2.44. The maximum absolute atomic E-state index is 5.65. The maximum Gasteiger partial charge on any atom is -0.000000533 e. The first kappa shape index (κ1) is 41.7. The molecule has 0 bridgehead atoms. The molecule has 8 N–H and O–H groups in total. The monoisotopic (exact) mass is 579 g/mol. The lowest BCUT2D eigenvalue weighted by Gasteiger charge is -2.21. The van der Waals surface area contributed by atoms with Gasteiger partial charge in [-0.3, -0.25) is 0 Å². The fourth-order valence-electron chi connectivity index (χ4n) is 4.33. The van der Waals surface area contributed by atoms with Crippen LogP contribution in [0.25, 0.3) is 0 Å². The Morgan fingerprint density at radius 3 is 0.762 bits per heavy atom. The third-order valence-electron chi connectivity index (χ3n) is 6.60. The van der Waals surface area contributed by atoms with Gasteiger partial charge in [0, 0.05) is 0 Å². The topological polar surface area (TPSA) is 111 Å². The van der Waals surface area contributed by atoms with E-state index in [4.69, 9.17) is 22.9 Å². The second kappa shape index (κ2) is 38.6. The van der Waals surface area contributed by atoms with Gasteiger partial charge < -0.3 is 32.7 Å². The van der Waals surface area contributed by atoms with E-state index in [9.17, 15) is 0 Å². The van der Waals surface area contributed by atoms with Crippen molar-refractivity contribution >= 4 is 0 Å². The number of hydrogen-bond donors (Lipinski definition) is 4. The molecule has 0 saturated heterocycles. The Morgan fingerprint density at radius 2 is 0.524 bits per heavy atom. The molecule has 0 aromatic carbocycles. The van der Waals surface area contributed by atoms with Gasteiger partial charge in [0.2, 0.25) is 0 Å².